The lowest BCUT2D eigenvalue weighted by atomic mass is 10.1. The number of likely N-dealkylation sites (tertiary alicyclic amines) is 1. The predicted molar refractivity (Wildman–Crippen MR) is 52.4 cm³/mol. The van der Waals surface area contributed by atoms with Crippen LogP contribution in [0.4, 0.5) is 5.95 Å². The number of hydrogen-bond acceptors (Lipinski definition) is 3. The van der Waals surface area contributed by atoms with E-state index in [0.29, 0.717) is 12.5 Å². The van der Waals surface area contributed by atoms with Gasteiger partial charge in [-0.3, -0.25) is 4.79 Å². The van der Waals surface area contributed by atoms with Crippen molar-refractivity contribution in [3.05, 3.63) is 12.4 Å². The van der Waals surface area contributed by atoms with E-state index < -0.39 is 0 Å². The van der Waals surface area contributed by atoms with Crippen molar-refractivity contribution < 1.29 is 4.79 Å². The molecule has 2 heterocycles. The first-order valence-electron chi connectivity index (χ1n) is 4.70. The van der Waals surface area contributed by atoms with Gasteiger partial charge in [0.25, 0.3) is 0 Å². The Morgan fingerprint density at radius 1 is 1.71 bits per heavy atom. The summed E-state index contributed by atoms with van der Waals surface area (Å²) in [5.74, 6) is 0.752. The Bertz CT molecular complexity index is 346. The van der Waals surface area contributed by atoms with Crippen LogP contribution >= 0.6 is 0 Å². The Hall–Kier alpha value is -1.52. The average molecular weight is 194 g/mol. The Kier molecular flexibility index (Phi) is 2.15. The number of nitrogens with two attached hydrogens (primary N) is 1. The van der Waals surface area contributed by atoms with E-state index in [1.165, 1.54) is 0 Å². The highest BCUT2D eigenvalue weighted by atomic mass is 16.2. The summed E-state index contributed by atoms with van der Waals surface area (Å²) in [5, 5.41) is 0. The number of carbonyl (C=O) groups is 1. The maximum atomic E-state index is 11.6. The van der Waals surface area contributed by atoms with Crippen LogP contribution in [0.2, 0.25) is 0 Å². The molecule has 0 saturated carbocycles. The van der Waals surface area contributed by atoms with Crippen LogP contribution in [0.25, 0.3) is 0 Å². The van der Waals surface area contributed by atoms with E-state index in [-0.39, 0.29) is 11.8 Å². The highest BCUT2D eigenvalue weighted by Crippen LogP contribution is 2.19. The van der Waals surface area contributed by atoms with E-state index in [4.69, 9.17) is 5.73 Å². The Morgan fingerprint density at radius 3 is 3.00 bits per heavy atom. The van der Waals surface area contributed by atoms with Gasteiger partial charge in [0.15, 0.2) is 5.95 Å². The summed E-state index contributed by atoms with van der Waals surface area (Å²) in [7, 11) is 1.83. The van der Waals surface area contributed by atoms with Crippen LogP contribution in [0.15, 0.2) is 12.4 Å². The highest BCUT2D eigenvalue weighted by Gasteiger charge is 2.29. The first-order valence-corrected chi connectivity index (χ1v) is 4.70. The van der Waals surface area contributed by atoms with Gasteiger partial charge in [-0.2, -0.15) is 0 Å². The summed E-state index contributed by atoms with van der Waals surface area (Å²) < 4.78 is 1.82. The summed E-state index contributed by atoms with van der Waals surface area (Å²) in [4.78, 5) is 17.3. The second kappa shape index (κ2) is 3.32. The van der Waals surface area contributed by atoms with Gasteiger partial charge in [0.2, 0.25) is 5.91 Å². The molecule has 0 aromatic carbocycles. The van der Waals surface area contributed by atoms with E-state index in [9.17, 15) is 4.79 Å². The van der Waals surface area contributed by atoms with Crippen molar-refractivity contribution in [1.82, 2.24) is 14.5 Å². The van der Waals surface area contributed by atoms with E-state index >= 15 is 0 Å². The first-order chi connectivity index (χ1) is 6.68. The minimum absolute atomic E-state index is 0.0662. The van der Waals surface area contributed by atoms with Gasteiger partial charge in [0, 0.05) is 32.5 Å². The lowest BCUT2D eigenvalue weighted by molar-refractivity contribution is -0.130. The third-order valence-electron chi connectivity index (χ3n) is 2.70. The summed E-state index contributed by atoms with van der Waals surface area (Å²) in [6.07, 6.45) is 4.37. The smallest absolute Gasteiger partial charge is 0.227 e. The number of hydrogen-bond donors (Lipinski definition) is 1. The van der Waals surface area contributed by atoms with Gasteiger partial charge < -0.3 is 15.2 Å². The molecule has 5 nitrogen and oxygen atoms in total. The number of carbonyl (C=O) groups excluding carboxylic acids is 1. The second-order valence-corrected chi connectivity index (χ2v) is 3.68. The van der Waals surface area contributed by atoms with Gasteiger partial charge in [-0.25, -0.2) is 4.98 Å². The number of imidazole rings is 1. The zero-order valence-electron chi connectivity index (χ0n) is 8.18. The molecule has 1 atom stereocenters. The molecule has 1 amide bonds. The van der Waals surface area contributed by atoms with Crippen LogP contribution in [0.1, 0.15) is 6.42 Å². The lowest BCUT2D eigenvalue weighted by Crippen LogP contribution is -2.25. The molecule has 5 heteroatoms. The van der Waals surface area contributed by atoms with Crippen LogP contribution in [0, 0.1) is 5.92 Å². The molecule has 2 N–H and O–H groups in total. The van der Waals surface area contributed by atoms with Crippen molar-refractivity contribution in [2.24, 2.45) is 5.92 Å². The molecular formula is C9H14N4O. The lowest BCUT2D eigenvalue weighted by Gasteiger charge is -2.11. The fourth-order valence-corrected chi connectivity index (χ4v) is 1.80. The molecule has 1 unspecified atom stereocenters. The highest BCUT2D eigenvalue weighted by molar-refractivity contribution is 5.80. The van der Waals surface area contributed by atoms with E-state index in [0.717, 1.165) is 13.0 Å². The van der Waals surface area contributed by atoms with Crippen LogP contribution in [-0.4, -0.2) is 34.0 Å². The molecule has 1 saturated heterocycles. The monoisotopic (exact) mass is 194 g/mol. The molecule has 1 aliphatic rings. The molecule has 1 aliphatic heterocycles. The number of amides is 1. The molecule has 1 aromatic heterocycles. The van der Waals surface area contributed by atoms with Gasteiger partial charge in [0.1, 0.15) is 0 Å². The summed E-state index contributed by atoms with van der Waals surface area (Å²) in [6, 6.07) is 0. The molecule has 2 rings (SSSR count). The van der Waals surface area contributed by atoms with Crippen molar-refractivity contribution in [1.29, 1.82) is 0 Å². The average Bonchev–Trinajstić information content (AvgIpc) is 2.68. The van der Waals surface area contributed by atoms with Crippen LogP contribution in [-0.2, 0) is 11.3 Å². The molecule has 76 valence electrons. The van der Waals surface area contributed by atoms with Gasteiger partial charge in [-0.1, -0.05) is 0 Å². The summed E-state index contributed by atoms with van der Waals surface area (Å²) in [6.45, 7) is 1.49. The zero-order valence-corrected chi connectivity index (χ0v) is 8.18. The van der Waals surface area contributed by atoms with Gasteiger partial charge in [-0.05, 0) is 6.42 Å². The number of nitrogen functional groups attached to an aromatic ring is 1. The first kappa shape index (κ1) is 9.05. The summed E-state index contributed by atoms with van der Waals surface area (Å²) in [5.41, 5.74) is 5.63. The molecule has 0 radical (unpaired) electrons. The number of nitrogens with zero attached hydrogens (tertiary/aromatic N) is 3. The van der Waals surface area contributed by atoms with E-state index in [1.54, 1.807) is 17.3 Å². The van der Waals surface area contributed by atoms with E-state index in [1.807, 2.05) is 11.6 Å². The summed E-state index contributed by atoms with van der Waals surface area (Å²) >= 11 is 0. The number of rotatable bonds is 2. The Labute approximate surface area is 82.5 Å². The van der Waals surface area contributed by atoms with E-state index in [2.05, 4.69) is 4.98 Å². The maximum Gasteiger partial charge on any atom is 0.227 e. The van der Waals surface area contributed by atoms with Crippen molar-refractivity contribution in [3.8, 4) is 0 Å². The van der Waals surface area contributed by atoms with Gasteiger partial charge in [-0.15, -0.1) is 0 Å². The van der Waals surface area contributed by atoms with Gasteiger partial charge >= 0.3 is 0 Å². The van der Waals surface area contributed by atoms with Crippen LogP contribution < -0.4 is 5.73 Å². The zero-order chi connectivity index (χ0) is 10.1. The number of anilines is 1. The van der Waals surface area contributed by atoms with Crippen LogP contribution in [0.3, 0.4) is 0 Å². The third-order valence-corrected chi connectivity index (χ3v) is 2.70. The van der Waals surface area contributed by atoms with Crippen molar-refractivity contribution in [2.45, 2.75) is 13.0 Å². The third kappa shape index (κ3) is 1.45. The minimum Gasteiger partial charge on any atom is -0.369 e. The van der Waals surface area contributed by atoms with Crippen molar-refractivity contribution >= 4 is 11.9 Å². The molecule has 0 spiro atoms. The maximum absolute atomic E-state index is 11.6. The number of aromatic nitrogens is 2. The molecule has 14 heavy (non-hydrogen) atoms. The Balaban J connectivity index is 2.06. The quantitative estimate of drug-likeness (QED) is 0.717. The minimum atomic E-state index is 0.0662. The van der Waals surface area contributed by atoms with Crippen molar-refractivity contribution in [2.75, 3.05) is 19.3 Å². The fraction of sp³-hybridized carbons (Fsp3) is 0.556. The predicted octanol–water partition coefficient (Wildman–Crippen LogP) is -0.0564. The second-order valence-electron chi connectivity index (χ2n) is 3.68. The molecule has 0 aliphatic carbocycles. The molecular weight excluding hydrogens is 180 g/mol. The standard InChI is InChI=1S/C9H14N4O/c1-12-4-2-7(8(12)14)6-13-5-3-11-9(13)10/h3,5,7H,2,4,6H2,1H3,(H2,10,11). The molecule has 0 bridgehead atoms. The van der Waals surface area contributed by atoms with Gasteiger partial charge in [0.05, 0.1) is 5.92 Å². The Morgan fingerprint density at radius 2 is 2.50 bits per heavy atom. The molecule has 1 aromatic rings. The molecule has 1 fully saturated rings. The normalized spacial score (nSPS) is 21.9. The SMILES string of the molecule is CN1CCC(Cn2ccnc2N)C1=O. The fourth-order valence-electron chi connectivity index (χ4n) is 1.80. The van der Waals surface area contributed by atoms with Crippen LogP contribution in [0.5, 0.6) is 0 Å². The van der Waals surface area contributed by atoms with Crippen molar-refractivity contribution in [3.63, 3.8) is 0 Å². The largest absolute Gasteiger partial charge is 0.369 e. The topological polar surface area (TPSA) is 64.2 Å².